The molecule has 230 valence electrons. The number of anilines is 2. The lowest BCUT2D eigenvalue weighted by atomic mass is 9.90. The van der Waals surface area contributed by atoms with Crippen LogP contribution >= 0.6 is 0 Å². The van der Waals surface area contributed by atoms with Gasteiger partial charge in [-0.25, -0.2) is 14.6 Å². The Bertz CT molecular complexity index is 1610. The third-order valence-corrected chi connectivity index (χ3v) is 8.53. The minimum absolute atomic E-state index is 0.118. The SMILES string of the molecule is COc1ccc2c(c1)CCc1cnc(-n3cc(C(=O)Nc4ccc(CCN5CCN(CCN(C)C)CC5)cc4)c(N)n3)nc1-2. The van der Waals surface area contributed by atoms with Gasteiger partial charge in [-0.2, -0.15) is 0 Å². The van der Waals surface area contributed by atoms with Crippen molar-refractivity contribution in [1.82, 2.24) is 34.4 Å². The zero-order chi connectivity index (χ0) is 30.6. The highest BCUT2D eigenvalue weighted by atomic mass is 16.5. The largest absolute Gasteiger partial charge is 0.497 e. The highest BCUT2D eigenvalue weighted by Crippen LogP contribution is 2.34. The second-order valence-electron chi connectivity index (χ2n) is 11.8. The van der Waals surface area contributed by atoms with Gasteiger partial charge in [-0.3, -0.25) is 9.69 Å². The summed E-state index contributed by atoms with van der Waals surface area (Å²) in [6.45, 7) is 7.74. The molecule has 0 spiro atoms. The highest BCUT2D eigenvalue weighted by Gasteiger charge is 2.22. The highest BCUT2D eigenvalue weighted by molar-refractivity contribution is 6.07. The first-order valence-electron chi connectivity index (χ1n) is 15.2. The van der Waals surface area contributed by atoms with Gasteiger partial charge in [0.15, 0.2) is 5.82 Å². The van der Waals surface area contributed by atoms with Gasteiger partial charge in [-0.05, 0) is 80.4 Å². The Morgan fingerprint density at radius 2 is 1.73 bits per heavy atom. The molecule has 1 aliphatic carbocycles. The van der Waals surface area contributed by atoms with Gasteiger partial charge in [0.05, 0.1) is 12.8 Å². The Kier molecular flexibility index (Phi) is 8.87. The Labute approximate surface area is 258 Å². The average molecular weight is 596 g/mol. The van der Waals surface area contributed by atoms with Crippen molar-refractivity contribution in [2.75, 3.05) is 78.1 Å². The van der Waals surface area contributed by atoms with Crippen molar-refractivity contribution in [2.24, 2.45) is 0 Å². The number of nitrogens with zero attached hydrogens (tertiary/aromatic N) is 7. The number of benzene rings is 2. The first kappa shape index (κ1) is 29.7. The number of nitrogens with two attached hydrogens (primary N) is 1. The number of likely N-dealkylation sites (N-methyl/N-ethyl adjacent to an activating group) is 1. The molecule has 1 amide bonds. The van der Waals surface area contributed by atoms with E-state index >= 15 is 0 Å². The molecule has 11 heteroatoms. The zero-order valence-corrected chi connectivity index (χ0v) is 25.8. The quantitative estimate of drug-likeness (QED) is 0.285. The van der Waals surface area contributed by atoms with E-state index in [-0.39, 0.29) is 17.3 Å². The number of methoxy groups -OCH3 is 1. The molecule has 0 atom stereocenters. The van der Waals surface area contributed by atoms with E-state index < -0.39 is 0 Å². The Balaban J connectivity index is 1.06. The summed E-state index contributed by atoms with van der Waals surface area (Å²) < 4.78 is 6.86. The molecule has 11 nitrogen and oxygen atoms in total. The lowest BCUT2D eigenvalue weighted by Gasteiger charge is -2.35. The molecule has 2 aromatic carbocycles. The predicted octanol–water partition coefficient (Wildman–Crippen LogP) is 2.99. The van der Waals surface area contributed by atoms with Gasteiger partial charge in [0.25, 0.3) is 11.9 Å². The van der Waals surface area contributed by atoms with E-state index in [4.69, 9.17) is 15.5 Å². The Hall–Kier alpha value is -4.32. The van der Waals surface area contributed by atoms with Crippen LogP contribution in [0.1, 0.15) is 27.0 Å². The molecule has 1 fully saturated rings. The van der Waals surface area contributed by atoms with Crippen molar-refractivity contribution < 1.29 is 9.53 Å². The van der Waals surface area contributed by atoms with Crippen molar-refractivity contribution in [1.29, 1.82) is 0 Å². The third kappa shape index (κ3) is 6.75. The Morgan fingerprint density at radius 3 is 2.45 bits per heavy atom. The number of aromatic nitrogens is 4. The summed E-state index contributed by atoms with van der Waals surface area (Å²) in [5.74, 6) is 0.973. The number of hydrogen-bond acceptors (Lipinski definition) is 9. The summed E-state index contributed by atoms with van der Waals surface area (Å²) >= 11 is 0. The molecule has 0 bridgehead atoms. The fourth-order valence-corrected chi connectivity index (χ4v) is 5.81. The molecule has 2 aliphatic rings. The monoisotopic (exact) mass is 595 g/mol. The van der Waals surface area contributed by atoms with E-state index in [1.54, 1.807) is 13.3 Å². The molecule has 0 radical (unpaired) electrons. The number of amides is 1. The summed E-state index contributed by atoms with van der Waals surface area (Å²) in [7, 11) is 5.92. The number of fused-ring (bicyclic) bond motifs is 3. The van der Waals surface area contributed by atoms with Crippen LogP contribution in [0, 0.1) is 0 Å². The molecule has 0 saturated carbocycles. The van der Waals surface area contributed by atoms with Crippen LogP contribution in [-0.4, -0.2) is 107 Å². The topological polar surface area (TPSA) is 118 Å². The van der Waals surface area contributed by atoms with E-state index in [2.05, 4.69) is 62.4 Å². The van der Waals surface area contributed by atoms with E-state index in [1.165, 1.54) is 15.8 Å². The van der Waals surface area contributed by atoms with Crippen LogP contribution in [-0.2, 0) is 19.3 Å². The average Bonchev–Trinajstić information content (AvgIpc) is 3.44. The molecule has 3 N–H and O–H groups in total. The number of carbonyl (C=O) groups excluding carboxylic acids is 1. The second kappa shape index (κ2) is 13.1. The van der Waals surface area contributed by atoms with Crippen LogP contribution in [0.4, 0.5) is 11.5 Å². The Morgan fingerprint density at radius 1 is 1.00 bits per heavy atom. The molecule has 6 rings (SSSR count). The van der Waals surface area contributed by atoms with Crippen molar-refractivity contribution >= 4 is 17.4 Å². The van der Waals surface area contributed by atoms with E-state index in [0.29, 0.717) is 11.6 Å². The first-order valence-corrected chi connectivity index (χ1v) is 15.2. The minimum atomic E-state index is -0.330. The molecule has 4 aromatic rings. The molecule has 1 aliphatic heterocycles. The maximum atomic E-state index is 13.2. The maximum absolute atomic E-state index is 13.2. The second-order valence-corrected chi connectivity index (χ2v) is 11.8. The molecule has 1 saturated heterocycles. The van der Waals surface area contributed by atoms with Gasteiger partial charge in [0.2, 0.25) is 0 Å². The summed E-state index contributed by atoms with van der Waals surface area (Å²) in [6, 6.07) is 14.0. The minimum Gasteiger partial charge on any atom is -0.497 e. The fourth-order valence-electron chi connectivity index (χ4n) is 5.81. The van der Waals surface area contributed by atoms with Crippen LogP contribution in [0.25, 0.3) is 17.2 Å². The number of hydrogen-bond donors (Lipinski definition) is 2. The van der Waals surface area contributed by atoms with Crippen LogP contribution in [0.3, 0.4) is 0 Å². The van der Waals surface area contributed by atoms with E-state index in [0.717, 1.165) is 87.6 Å². The fraction of sp³-hybridized carbons (Fsp3) is 0.394. The summed E-state index contributed by atoms with van der Waals surface area (Å²) in [5.41, 5.74) is 12.6. The molecular formula is C33H41N9O2. The number of rotatable bonds is 10. The maximum Gasteiger partial charge on any atom is 0.261 e. The number of ether oxygens (including phenoxy) is 1. The van der Waals surface area contributed by atoms with E-state index in [1.807, 2.05) is 30.5 Å². The molecular weight excluding hydrogens is 554 g/mol. The first-order chi connectivity index (χ1) is 21.4. The summed E-state index contributed by atoms with van der Waals surface area (Å²) in [6.07, 6.45) is 6.13. The predicted molar refractivity (Wildman–Crippen MR) is 172 cm³/mol. The van der Waals surface area contributed by atoms with Gasteiger partial charge in [0, 0.05) is 69.5 Å². The zero-order valence-electron chi connectivity index (χ0n) is 25.8. The smallest absolute Gasteiger partial charge is 0.261 e. The lowest BCUT2D eigenvalue weighted by molar-refractivity contribution is 0.102. The number of nitrogens with one attached hydrogen (secondary N) is 1. The normalized spacial score (nSPS) is 15.2. The standard InChI is InChI=1S/C33H41N9O2/c1-39(2)14-15-41-18-16-40(17-19-41)13-12-23-4-8-26(9-5-23)36-32(43)29-22-42(38-31(29)34)33-35-21-25-7-6-24-20-27(44-3)10-11-28(24)30(25)37-33/h4-5,8-11,20-22H,6-7,12-19H2,1-3H3,(H2,34,38)(H,36,43). The summed E-state index contributed by atoms with van der Waals surface area (Å²) in [4.78, 5) is 29.8. The van der Waals surface area contributed by atoms with Gasteiger partial charge in [-0.1, -0.05) is 12.1 Å². The van der Waals surface area contributed by atoms with Crippen molar-refractivity contribution in [2.45, 2.75) is 19.3 Å². The number of piperazine rings is 1. The van der Waals surface area contributed by atoms with Crippen molar-refractivity contribution in [3.63, 3.8) is 0 Å². The van der Waals surface area contributed by atoms with Gasteiger partial charge in [0.1, 0.15) is 11.3 Å². The third-order valence-electron chi connectivity index (χ3n) is 8.53. The van der Waals surface area contributed by atoms with Crippen LogP contribution in [0.15, 0.2) is 54.9 Å². The van der Waals surface area contributed by atoms with Gasteiger partial charge < -0.3 is 25.6 Å². The van der Waals surface area contributed by atoms with E-state index in [9.17, 15) is 4.79 Å². The molecule has 44 heavy (non-hydrogen) atoms. The van der Waals surface area contributed by atoms with Crippen LogP contribution in [0.2, 0.25) is 0 Å². The molecule has 3 heterocycles. The van der Waals surface area contributed by atoms with Crippen LogP contribution < -0.4 is 15.8 Å². The summed E-state index contributed by atoms with van der Waals surface area (Å²) in [5, 5.41) is 7.31. The van der Waals surface area contributed by atoms with Crippen LogP contribution in [0.5, 0.6) is 5.75 Å². The molecule has 0 unspecified atom stereocenters. The molecule has 2 aromatic heterocycles. The number of nitrogen functional groups attached to an aromatic ring is 1. The lowest BCUT2D eigenvalue weighted by Crippen LogP contribution is -2.48. The van der Waals surface area contributed by atoms with Gasteiger partial charge in [-0.15, -0.1) is 5.10 Å². The van der Waals surface area contributed by atoms with Crippen molar-refractivity contribution in [3.05, 3.63) is 77.1 Å². The van der Waals surface area contributed by atoms with Gasteiger partial charge >= 0.3 is 0 Å². The number of carbonyl (C=O) groups is 1. The van der Waals surface area contributed by atoms with Crippen molar-refractivity contribution in [3.8, 4) is 23.0 Å². The number of aryl methyl sites for hydroxylation is 2.